The smallest absolute Gasteiger partial charge is 0.480 e. The number of alkyl halides is 3. The Morgan fingerprint density at radius 1 is 1.25 bits per heavy atom. The molecule has 1 aromatic carbocycles. The van der Waals surface area contributed by atoms with E-state index >= 15 is 0 Å². The topological polar surface area (TPSA) is 96.3 Å². The second-order valence-electron chi connectivity index (χ2n) is 4.83. The van der Waals surface area contributed by atoms with Gasteiger partial charge in [-0.1, -0.05) is 65.1 Å². The first kappa shape index (κ1) is 20.8. The molecule has 0 fully saturated rings. The fraction of sp³-hybridized carbons (Fsp3) is 0.429. The van der Waals surface area contributed by atoms with Crippen LogP contribution in [-0.4, -0.2) is 49.9 Å². The van der Waals surface area contributed by atoms with Gasteiger partial charge in [0.05, 0.1) is 12.6 Å². The van der Waals surface area contributed by atoms with Crippen LogP contribution >= 0.6 is 34.8 Å². The number of rotatable bonds is 7. The lowest BCUT2D eigenvalue weighted by Crippen LogP contribution is -2.48. The van der Waals surface area contributed by atoms with Crippen LogP contribution in [-0.2, 0) is 20.9 Å². The van der Waals surface area contributed by atoms with Crippen molar-refractivity contribution in [3.8, 4) is 0 Å². The molecular formula is C14H16Cl3NO6. The van der Waals surface area contributed by atoms with Crippen LogP contribution in [0.2, 0.25) is 0 Å². The first-order valence-electron chi connectivity index (χ1n) is 6.73. The molecule has 0 saturated heterocycles. The summed E-state index contributed by atoms with van der Waals surface area (Å²) in [4.78, 5) is 28.0. The summed E-state index contributed by atoms with van der Waals surface area (Å²) in [6.07, 6.45) is -2.59. The second-order valence-corrected chi connectivity index (χ2v) is 7.35. The number of nitrogens with zero attached hydrogens (tertiary/aromatic N) is 1. The molecule has 0 heterocycles. The molecule has 0 aliphatic rings. The van der Waals surface area contributed by atoms with E-state index in [1.807, 2.05) is 0 Å². The molecule has 0 spiro atoms. The summed E-state index contributed by atoms with van der Waals surface area (Å²) in [7, 11) is 0. The molecule has 2 N–H and O–H groups in total. The highest BCUT2D eigenvalue weighted by Crippen LogP contribution is 2.26. The van der Waals surface area contributed by atoms with Gasteiger partial charge < -0.3 is 19.8 Å². The highest BCUT2D eigenvalue weighted by Gasteiger charge is 2.34. The van der Waals surface area contributed by atoms with Gasteiger partial charge in [0.2, 0.25) is 3.79 Å². The Morgan fingerprint density at radius 2 is 1.83 bits per heavy atom. The molecule has 134 valence electrons. The maximum absolute atomic E-state index is 11.7. The van der Waals surface area contributed by atoms with Gasteiger partial charge in [-0.2, -0.15) is 0 Å². The van der Waals surface area contributed by atoms with Gasteiger partial charge in [-0.05, 0) is 12.5 Å². The number of aliphatic hydroxyl groups is 1. The fourth-order valence-electron chi connectivity index (χ4n) is 1.78. The van der Waals surface area contributed by atoms with E-state index in [9.17, 15) is 19.8 Å². The van der Waals surface area contributed by atoms with Crippen molar-refractivity contribution < 1.29 is 29.4 Å². The molecule has 24 heavy (non-hydrogen) atoms. The maximum Gasteiger partial charge on any atom is 0.528 e. The number of hydrogen-bond donors (Lipinski definition) is 2. The maximum atomic E-state index is 11.7. The molecule has 0 aromatic heterocycles. The van der Waals surface area contributed by atoms with Crippen molar-refractivity contribution >= 4 is 46.9 Å². The molecule has 1 rings (SSSR count). The number of carbonyl (C=O) groups is 2. The van der Waals surface area contributed by atoms with Gasteiger partial charge in [0.15, 0.2) is 6.04 Å². The van der Waals surface area contributed by atoms with Crippen molar-refractivity contribution in [3.63, 3.8) is 0 Å². The van der Waals surface area contributed by atoms with Gasteiger partial charge in [-0.3, -0.25) is 4.79 Å². The summed E-state index contributed by atoms with van der Waals surface area (Å²) in [6, 6.07) is 7.12. The summed E-state index contributed by atoms with van der Waals surface area (Å²) in [5, 5.41) is 19.7. The van der Waals surface area contributed by atoms with Crippen molar-refractivity contribution in [2.45, 2.75) is 29.4 Å². The lowest BCUT2D eigenvalue weighted by molar-refractivity contribution is -0.195. The highest BCUT2D eigenvalue weighted by molar-refractivity contribution is 6.67. The van der Waals surface area contributed by atoms with Crippen molar-refractivity contribution in [1.82, 2.24) is 5.06 Å². The zero-order chi connectivity index (χ0) is 18.3. The van der Waals surface area contributed by atoms with Crippen LogP contribution < -0.4 is 0 Å². The summed E-state index contributed by atoms with van der Waals surface area (Å²) >= 11 is 16.4. The van der Waals surface area contributed by atoms with Crippen LogP contribution in [0.4, 0.5) is 4.79 Å². The van der Waals surface area contributed by atoms with Crippen LogP contribution in [0.5, 0.6) is 0 Å². The zero-order valence-electron chi connectivity index (χ0n) is 12.6. The molecule has 0 unspecified atom stereocenters. The summed E-state index contributed by atoms with van der Waals surface area (Å²) in [6.45, 7) is 0.584. The number of hydroxylamine groups is 2. The molecule has 7 nitrogen and oxygen atoms in total. The summed E-state index contributed by atoms with van der Waals surface area (Å²) in [5.41, 5.74) is 0.651. The number of carboxylic acids is 1. The average molecular weight is 401 g/mol. The molecule has 0 amide bonds. The van der Waals surface area contributed by atoms with E-state index in [-0.39, 0.29) is 6.54 Å². The predicted octanol–water partition coefficient (Wildman–Crippen LogP) is 2.76. The SMILES string of the molecule is C[C@@H](O)[C@@H](C(=O)O)N(Cc1ccccc1)OC(=O)OCC(Cl)(Cl)Cl. The Labute approximate surface area is 153 Å². The Hall–Kier alpha value is -1.25. The molecule has 0 saturated carbocycles. The Balaban J connectivity index is 2.88. The Bertz CT molecular complexity index is 549. The van der Waals surface area contributed by atoms with Crippen LogP contribution in [0, 0.1) is 0 Å². The minimum atomic E-state index is -1.83. The molecule has 0 bridgehead atoms. The third-order valence-corrected chi connectivity index (χ3v) is 3.07. The number of ether oxygens (including phenoxy) is 1. The number of carboxylic acid groups (broad SMARTS) is 1. The summed E-state index contributed by atoms with van der Waals surface area (Å²) < 4.78 is 2.78. The minimum Gasteiger partial charge on any atom is -0.480 e. The van der Waals surface area contributed by atoms with E-state index in [0.29, 0.717) is 5.56 Å². The van der Waals surface area contributed by atoms with E-state index < -0.39 is 34.7 Å². The standard InChI is InChI=1S/C14H16Cl3NO6/c1-9(19)11(12(20)21)18(7-10-5-3-2-4-6-10)24-13(22)23-8-14(15,16)17/h2-6,9,11,19H,7-8H2,1H3,(H,20,21)/t9-,11+/m1/s1. The molecular weight excluding hydrogens is 385 g/mol. The normalized spacial score (nSPS) is 14.1. The van der Waals surface area contributed by atoms with Crippen molar-refractivity contribution in [1.29, 1.82) is 0 Å². The van der Waals surface area contributed by atoms with E-state index in [4.69, 9.17) is 39.6 Å². The van der Waals surface area contributed by atoms with Crippen molar-refractivity contribution in [2.24, 2.45) is 0 Å². The molecule has 2 atom stereocenters. The monoisotopic (exact) mass is 399 g/mol. The van der Waals surface area contributed by atoms with Gasteiger partial charge >= 0.3 is 12.1 Å². The van der Waals surface area contributed by atoms with Crippen molar-refractivity contribution in [2.75, 3.05) is 6.61 Å². The van der Waals surface area contributed by atoms with Crippen molar-refractivity contribution in [3.05, 3.63) is 35.9 Å². The first-order valence-corrected chi connectivity index (χ1v) is 7.86. The molecule has 10 heteroatoms. The van der Waals surface area contributed by atoms with Crippen LogP contribution in [0.25, 0.3) is 0 Å². The summed E-state index contributed by atoms with van der Waals surface area (Å²) in [5.74, 6) is -1.38. The lowest BCUT2D eigenvalue weighted by atomic mass is 10.1. The average Bonchev–Trinajstić information content (AvgIpc) is 2.44. The van der Waals surface area contributed by atoms with Crippen LogP contribution in [0.3, 0.4) is 0 Å². The third-order valence-electron chi connectivity index (χ3n) is 2.75. The molecule has 0 radical (unpaired) electrons. The van der Waals surface area contributed by atoms with Gasteiger partial charge in [-0.15, -0.1) is 5.06 Å². The quantitative estimate of drug-likeness (QED) is 0.413. The Kier molecular flexibility index (Phi) is 8.05. The van der Waals surface area contributed by atoms with Gasteiger partial charge in [0, 0.05) is 0 Å². The molecule has 1 aromatic rings. The number of aliphatic hydroxyl groups excluding tert-OH is 1. The number of carbonyl (C=O) groups excluding carboxylic acids is 1. The largest absolute Gasteiger partial charge is 0.528 e. The predicted molar refractivity (Wildman–Crippen MR) is 87.8 cm³/mol. The lowest BCUT2D eigenvalue weighted by Gasteiger charge is -2.28. The number of benzene rings is 1. The number of halogens is 3. The van der Waals surface area contributed by atoms with E-state index in [1.54, 1.807) is 30.3 Å². The molecule has 0 aliphatic heterocycles. The van der Waals surface area contributed by atoms with Gasteiger partial charge in [-0.25, -0.2) is 4.79 Å². The number of aliphatic carboxylic acids is 1. The highest BCUT2D eigenvalue weighted by atomic mass is 35.6. The fourth-order valence-corrected chi connectivity index (χ4v) is 1.95. The van der Waals surface area contributed by atoms with Crippen LogP contribution in [0.1, 0.15) is 12.5 Å². The molecule has 0 aliphatic carbocycles. The van der Waals surface area contributed by atoms with Gasteiger partial charge in [0.25, 0.3) is 0 Å². The van der Waals surface area contributed by atoms with E-state index in [2.05, 4.69) is 4.74 Å². The third kappa shape index (κ3) is 7.55. The number of hydrogen-bond acceptors (Lipinski definition) is 6. The van der Waals surface area contributed by atoms with E-state index in [0.717, 1.165) is 5.06 Å². The Morgan fingerprint density at radius 3 is 2.29 bits per heavy atom. The zero-order valence-corrected chi connectivity index (χ0v) is 14.8. The minimum absolute atomic E-state index is 0.0917. The van der Waals surface area contributed by atoms with E-state index in [1.165, 1.54) is 6.92 Å². The first-order chi connectivity index (χ1) is 11.1. The second kappa shape index (κ2) is 9.29. The van der Waals surface area contributed by atoms with Gasteiger partial charge in [0.1, 0.15) is 6.61 Å². The van der Waals surface area contributed by atoms with Crippen LogP contribution in [0.15, 0.2) is 30.3 Å².